The molecule has 0 amide bonds. The van der Waals surface area contributed by atoms with Crippen molar-refractivity contribution in [3.63, 3.8) is 0 Å². The molecule has 1 aromatic heterocycles. The van der Waals surface area contributed by atoms with Gasteiger partial charge in [0.1, 0.15) is 0 Å². The monoisotopic (exact) mass is 253 g/mol. The second-order valence-electron chi connectivity index (χ2n) is 4.95. The predicted octanol–water partition coefficient (Wildman–Crippen LogP) is 2.80. The average Bonchev–Trinajstić information content (AvgIpc) is 2.69. The number of aromatic nitrogens is 1. The summed E-state index contributed by atoms with van der Waals surface area (Å²) in [4.78, 5) is 8.56. The van der Waals surface area contributed by atoms with E-state index in [1.807, 2.05) is 11.3 Å². The maximum Gasteiger partial charge on any atom is 0.185 e. The van der Waals surface area contributed by atoms with E-state index < -0.39 is 0 Å². The maximum atomic E-state index is 4.72. The highest BCUT2D eigenvalue weighted by Gasteiger charge is 2.19. The lowest BCUT2D eigenvalue weighted by atomic mass is 10.00. The first-order valence-corrected chi connectivity index (χ1v) is 7.44. The number of hydrogen-bond acceptors (Lipinski definition) is 4. The zero-order chi connectivity index (χ0) is 12.3. The lowest BCUT2D eigenvalue weighted by Gasteiger charge is -2.29. The molecule has 3 nitrogen and oxygen atoms in total. The van der Waals surface area contributed by atoms with Gasteiger partial charge in [0, 0.05) is 24.5 Å². The van der Waals surface area contributed by atoms with Crippen LogP contribution in [0.15, 0.2) is 0 Å². The van der Waals surface area contributed by atoms with E-state index in [2.05, 4.69) is 31.0 Å². The maximum absolute atomic E-state index is 4.72. The minimum absolute atomic E-state index is 0.883. The fourth-order valence-electron chi connectivity index (χ4n) is 2.15. The van der Waals surface area contributed by atoms with Crippen molar-refractivity contribution in [2.24, 2.45) is 5.92 Å². The Morgan fingerprint density at radius 2 is 2.12 bits per heavy atom. The van der Waals surface area contributed by atoms with Crippen molar-refractivity contribution in [1.29, 1.82) is 0 Å². The standard InChI is InChI=1S/C13H23N3S/c1-4-14-9-12-11(3)15-13(17-12)16-7-5-10(2)6-8-16/h10,14H,4-9H2,1-3H3. The fourth-order valence-corrected chi connectivity index (χ4v) is 3.23. The number of thiazole rings is 1. The van der Waals surface area contributed by atoms with Gasteiger partial charge in [-0.3, -0.25) is 0 Å². The first-order chi connectivity index (χ1) is 8.20. The molecule has 0 radical (unpaired) electrons. The summed E-state index contributed by atoms with van der Waals surface area (Å²) in [5.41, 5.74) is 1.20. The molecule has 0 aromatic carbocycles. The lowest BCUT2D eigenvalue weighted by molar-refractivity contribution is 0.438. The number of nitrogens with zero attached hydrogens (tertiary/aromatic N) is 2. The highest BCUT2D eigenvalue weighted by atomic mass is 32.1. The van der Waals surface area contributed by atoms with Crippen LogP contribution in [0.5, 0.6) is 0 Å². The molecule has 0 saturated carbocycles. The molecule has 1 aromatic rings. The van der Waals surface area contributed by atoms with Crippen molar-refractivity contribution in [2.45, 2.75) is 40.2 Å². The van der Waals surface area contributed by atoms with Gasteiger partial charge < -0.3 is 10.2 Å². The van der Waals surface area contributed by atoms with Crippen LogP contribution in [-0.2, 0) is 6.54 Å². The molecular weight excluding hydrogens is 230 g/mol. The highest BCUT2D eigenvalue weighted by Crippen LogP contribution is 2.29. The van der Waals surface area contributed by atoms with Crippen molar-refractivity contribution in [3.05, 3.63) is 10.6 Å². The van der Waals surface area contributed by atoms with Gasteiger partial charge in [-0.05, 0) is 32.2 Å². The molecule has 1 aliphatic heterocycles. The second kappa shape index (κ2) is 5.83. The van der Waals surface area contributed by atoms with E-state index >= 15 is 0 Å². The smallest absolute Gasteiger partial charge is 0.185 e. The third-order valence-electron chi connectivity index (χ3n) is 3.47. The molecule has 96 valence electrons. The zero-order valence-electron chi connectivity index (χ0n) is 11.1. The van der Waals surface area contributed by atoms with E-state index in [4.69, 9.17) is 4.98 Å². The number of hydrogen-bond donors (Lipinski definition) is 1. The van der Waals surface area contributed by atoms with E-state index in [1.54, 1.807) is 0 Å². The van der Waals surface area contributed by atoms with Gasteiger partial charge in [-0.15, -0.1) is 11.3 Å². The molecule has 1 aliphatic rings. The Morgan fingerprint density at radius 1 is 1.41 bits per heavy atom. The number of piperidine rings is 1. The lowest BCUT2D eigenvalue weighted by Crippen LogP contribution is -2.32. The van der Waals surface area contributed by atoms with Crippen LogP contribution in [0.2, 0.25) is 0 Å². The van der Waals surface area contributed by atoms with Crippen molar-refractivity contribution in [1.82, 2.24) is 10.3 Å². The van der Waals surface area contributed by atoms with Gasteiger partial charge in [0.25, 0.3) is 0 Å². The summed E-state index contributed by atoms with van der Waals surface area (Å²) < 4.78 is 0. The third-order valence-corrected chi connectivity index (χ3v) is 4.69. The van der Waals surface area contributed by atoms with Crippen molar-refractivity contribution >= 4 is 16.5 Å². The molecule has 2 heterocycles. The summed E-state index contributed by atoms with van der Waals surface area (Å²) in [5, 5.41) is 4.60. The van der Waals surface area contributed by atoms with Crippen LogP contribution < -0.4 is 10.2 Å². The molecule has 0 aliphatic carbocycles. The Kier molecular flexibility index (Phi) is 4.40. The quantitative estimate of drug-likeness (QED) is 0.894. The van der Waals surface area contributed by atoms with E-state index in [0.29, 0.717) is 0 Å². The third kappa shape index (κ3) is 3.19. The summed E-state index contributed by atoms with van der Waals surface area (Å²) in [6.45, 7) is 10.9. The molecule has 1 saturated heterocycles. The first-order valence-electron chi connectivity index (χ1n) is 6.62. The van der Waals surface area contributed by atoms with Gasteiger partial charge in [0.05, 0.1) is 5.69 Å². The van der Waals surface area contributed by atoms with E-state index in [0.717, 1.165) is 19.0 Å². The van der Waals surface area contributed by atoms with Crippen LogP contribution in [0.1, 0.15) is 37.3 Å². The zero-order valence-corrected chi connectivity index (χ0v) is 11.9. The van der Waals surface area contributed by atoms with Crippen LogP contribution >= 0.6 is 11.3 Å². The van der Waals surface area contributed by atoms with E-state index in [-0.39, 0.29) is 0 Å². The van der Waals surface area contributed by atoms with Crippen LogP contribution in [-0.4, -0.2) is 24.6 Å². The SMILES string of the molecule is CCNCc1sc(N2CCC(C)CC2)nc1C. The Bertz CT molecular complexity index is 354. The Hall–Kier alpha value is -0.610. The Balaban J connectivity index is 2.01. The molecule has 1 N–H and O–H groups in total. The minimum Gasteiger partial charge on any atom is -0.348 e. The summed E-state index contributed by atoms with van der Waals surface area (Å²) in [7, 11) is 0. The molecule has 17 heavy (non-hydrogen) atoms. The summed E-state index contributed by atoms with van der Waals surface area (Å²) in [5.74, 6) is 0.883. The van der Waals surface area contributed by atoms with Crippen LogP contribution in [0.3, 0.4) is 0 Å². The molecule has 1 fully saturated rings. The predicted molar refractivity (Wildman–Crippen MR) is 74.8 cm³/mol. The summed E-state index contributed by atoms with van der Waals surface area (Å²) in [6.07, 6.45) is 2.61. The topological polar surface area (TPSA) is 28.2 Å². The second-order valence-corrected chi connectivity index (χ2v) is 6.02. The van der Waals surface area contributed by atoms with Crippen molar-refractivity contribution in [3.8, 4) is 0 Å². The largest absolute Gasteiger partial charge is 0.348 e. The molecule has 0 atom stereocenters. The molecule has 0 spiro atoms. The molecular formula is C13H23N3S. The molecule has 4 heteroatoms. The van der Waals surface area contributed by atoms with Gasteiger partial charge in [-0.25, -0.2) is 4.98 Å². The van der Waals surface area contributed by atoms with Gasteiger partial charge in [0.15, 0.2) is 5.13 Å². The average molecular weight is 253 g/mol. The molecule has 0 bridgehead atoms. The fraction of sp³-hybridized carbons (Fsp3) is 0.769. The van der Waals surface area contributed by atoms with Gasteiger partial charge in [-0.1, -0.05) is 13.8 Å². The van der Waals surface area contributed by atoms with Crippen LogP contribution in [0, 0.1) is 12.8 Å². The number of anilines is 1. The normalized spacial score (nSPS) is 17.7. The highest BCUT2D eigenvalue weighted by molar-refractivity contribution is 7.15. The van der Waals surface area contributed by atoms with E-state index in [9.17, 15) is 0 Å². The number of aryl methyl sites for hydroxylation is 1. The van der Waals surface area contributed by atoms with Crippen LogP contribution in [0.4, 0.5) is 5.13 Å². The summed E-state index contributed by atoms with van der Waals surface area (Å²) in [6, 6.07) is 0. The number of nitrogens with one attached hydrogen (secondary N) is 1. The minimum atomic E-state index is 0.883. The van der Waals surface area contributed by atoms with Gasteiger partial charge in [-0.2, -0.15) is 0 Å². The summed E-state index contributed by atoms with van der Waals surface area (Å²) >= 11 is 1.86. The van der Waals surface area contributed by atoms with Crippen LogP contribution in [0.25, 0.3) is 0 Å². The van der Waals surface area contributed by atoms with Gasteiger partial charge in [0.2, 0.25) is 0 Å². The van der Waals surface area contributed by atoms with Crippen molar-refractivity contribution < 1.29 is 0 Å². The Morgan fingerprint density at radius 3 is 2.76 bits per heavy atom. The van der Waals surface area contributed by atoms with E-state index in [1.165, 1.54) is 41.6 Å². The molecule has 2 rings (SSSR count). The number of rotatable bonds is 4. The Labute approximate surface area is 108 Å². The van der Waals surface area contributed by atoms with Crippen molar-refractivity contribution in [2.75, 3.05) is 24.5 Å². The first kappa shape index (κ1) is 12.8. The van der Waals surface area contributed by atoms with Gasteiger partial charge >= 0.3 is 0 Å². The molecule has 0 unspecified atom stereocenters.